The summed E-state index contributed by atoms with van der Waals surface area (Å²) in [6, 6.07) is 4.22. The summed E-state index contributed by atoms with van der Waals surface area (Å²) in [6.45, 7) is 5.19. The number of hydrogen-bond acceptors (Lipinski definition) is 3. The molecular formula is C13H21FN2O2S. The van der Waals surface area contributed by atoms with E-state index in [0.29, 0.717) is 17.5 Å². The Kier molecular flexibility index (Phi) is 5.46. The number of benzene rings is 1. The largest absolute Gasteiger partial charge is 0.329 e. The van der Waals surface area contributed by atoms with Crippen molar-refractivity contribution < 1.29 is 12.8 Å². The van der Waals surface area contributed by atoms with Gasteiger partial charge in [-0.05, 0) is 37.5 Å². The molecule has 0 aromatic heterocycles. The summed E-state index contributed by atoms with van der Waals surface area (Å²) in [5, 5.41) is -0.620. The van der Waals surface area contributed by atoms with Crippen molar-refractivity contribution in [2.75, 3.05) is 6.54 Å². The first kappa shape index (κ1) is 16.1. The molecular weight excluding hydrogens is 267 g/mol. The highest BCUT2D eigenvalue weighted by atomic mass is 32.2. The van der Waals surface area contributed by atoms with Gasteiger partial charge in [-0.15, -0.1) is 0 Å². The number of hydrogen-bond donors (Lipinski definition) is 2. The molecule has 0 amide bonds. The second kappa shape index (κ2) is 6.45. The molecule has 0 fully saturated rings. The van der Waals surface area contributed by atoms with Crippen LogP contribution in [0.1, 0.15) is 37.4 Å². The Hall–Kier alpha value is -0.980. The molecule has 1 aromatic rings. The van der Waals surface area contributed by atoms with E-state index in [1.807, 2.05) is 0 Å². The van der Waals surface area contributed by atoms with E-state index in [1.165, 1.54) is 6.07 Å². The van der Waals surface area contributed by atoms with Gasteiger partial charge in [0.1, 0.15) is 5.82 Å². The predicted octanol–water partition coefficient (Wildman–Crippen LogP) is 1.85. The summed E-state index contributed by atoms with van der Waals surface area (Å²) < 4.78 is 40.1. The first-order chi connectivity index (χ1) is 8.81. The van der Waals surface area contributed by atoms with Gasteiger partial charge in [0.2, 0.25) is 10.0 Å². The van der Waals surface area contributed by atoms with Crippen LogP contribution in [0, 0.1) is 12.7 Å². The van der Waals surface area contributed by atoms with E-state index < -0.39 is 21.3 Å². The lowest BCUT2D eigenvalue weighted by atomic mass is 10.1. The van der Waals surface area contributed by atoms with Gasteiger partial charge < -0.3 is 5.73 Å². The van der Waals surface area contributed by atoms with Crippen LogP contribution in [-0.2, 0) is 10.0 Å². The molecule has 0 saturated carbocycles. The number of nitrogens with one attached hydrogen (secondary N) is 1. The van der Waals surface area contributed by atoms with Gasteiger partial charge in [-0.2, -0.15) is 0 Å². The quantitative estimate of drug-likeness (QED) is 0.839. The standard InChI is InChI=1S/C13H21FN2O2S/c1-4-12(8-15)19(17,18)16-10(3)11-6-5-9(2)13(14)7-11/h5-7,10,12,16H,4,8,15H2,1-3H3. The van der Waals surface area contributed by atoms with Crippen LogP contribution in [0.25, 0.3) is 0 Å². The van der Waals surface area contributed by atoms with Gasteiger partial charge in [-0.3, -0.25) is 0 Å². The molecule has 4 nitrogen and oxygen atoms in total. The van der Waals surface area contributed by atoms with Gasteiger partial charge in [0.05, 0.1) is 5.25 Å². The van der Waals surface area contributed by atoms with E-state index in [4.69, 9.17) is 5.73 Å². The topological polar surface area (TPSA) is 72.2 Å². The molecule has 108 valence electrons. The molecule has 19 heavy (non-hydrogen) atoms. The molecule has 1 rings (SSSR count). The highest BCUT2D eigenvalue weighted by Gasteiger charge is 2.24. The van der Waals surface area contributed by atoms with Crippen molar-refractivity contribution in [3.05, 3.63) is 35.1 Å². The van der Waals surface area contributed by atoms with Crippen molar-refractivity contribution in [2.45, 2.75) is 38.5 Å². The minimum atomic E-state index is -3.49. The average molecular weight is 288 g/mol. The Labute approximate surface area is 114 Å². The average Bonchev–Trinajstić information content (AvgIpc) is 2.33. The minimum Gasteiger partial charge on any atom is -0.329 e. The minimum absolute atomic E-state index is 0.0703. The van der Waals surface area contributed by atoms with Crippen LogP contribution in [0.3, 0.4) is 0 Å². The van der Waals surface area contributed by atoms with Crippen molar-refractivity contribution in [1.82, 2.24) is 4.72 Å². The van der Waals surface area contributed by atoms with Crippen LogP contribution in [0.5, 0.6) is 0 Å². The summed E-state index contributed by atoms with van der Waals surface area (Å²) in [5.74, 6) is -0.339. The van der Waals surface area contributed by atoms with Gasteiger partial charge >= 0.3 is 0 Å². The monoisotopic (exact) mass is 288 g/mol. The molecule has 2 unspecified atom stereocenters. The van der Waals surface area contributed by atoms with Crippen molar-refractivity contribution in [1.29, 1.82) is 0 Å². The van der Waals surface area contributed by atoms with Crippen LogP contribution in [0.2, 0.25) is 0 Å². The fourth-order valence-corrected chi connectivity index (χ4v) is 3.32. The summed E-state index contributed by atoms with van der Waals surface area (Å²) >= 11 is 0. The maximum atomic E-state index is 13.5. The predicted molar refractivity (Wildman–Crippen MR) is 74.7 cm³/mol. The maximum Gasteiger partial charge on any atom is 0.216 e. The summed E-state index contributed by atoms with van der Waals surface area (Å²) in [6.07, 6.45) is 0.445. The Bertz CT molecular complexity index is 527. The molecule has 0 aliphatic rings. The SMILES string of the molecule is CCC(CN)S(=O)(=O)NC(C)c1ccc(C)c(F)c1. The van der Waals surface area contributed by atoms with Crippen molar-refractivity contribution in [3.63, 3.8) is 0 Å². The van der Waals surface area contributed by atoms with Crippen molar-refractivity contribution in [3.8, 4) is 0 Å². The van der Waals surface area contributed by atoms with Gasteiger partial charge in [-0.1, -0.05) is 19.1 Å². The normalized spacial score (nSPS) is 15.2. The summed E-state index contributed by atoms with van der Waals surface area (Å²) in [7, 11) is -3.49. The fourth-order valence-electron chi connectivity index (χ4n) is 1.80. The highest BCUT2D eigenvalue weighted by Crippen LogP contribution is 2.18. The van der Waals surface area contributed by atoms with Gasteiger partial charge in [0.25, 0.3) is 0 Å². The molecule has 0 heterocycles. The fraction of sp³-hybridized carbons (Fsp3) is 0.538. The molecule has 0 radical (unpaired) electrons. The van der Waals surface area contributed by atoms with Crippen LogP contribution in [0.15, 0.2) is 18.2 Å². The number of halogens is 1. The second-order valence-corrected chi connectivity index (χ2v) is 6.65. The molecule has 0 spiro atoms. The molecule has 3 N–H and O–H groups in total. The Morgan fingerprint density at radius 3 is 2.53 bits per heavy atom. The van der Waals surface area contributed by atoms with E-state index in [1.54, 1.807) is 32.9 Å². The van der Waals surface area contributed by atoms with Crippen LogP contribution >= 0.6 is 0 Å². The first-order valence-corrected chi connectivity index (χ1v) is 7.83. The Morgan fingerprint density at radius 2 is 2.05 bits per heavy atom. The molecule has 0 bridgehead atoms. The van der Waals surface area contributed by atoms with E-state index in [0.717, 1.165) is 0 Å². The zero-order chi connectivity index (χ0) is 14.6. The van der Waals surface area contributed by atoms with Crippen LogP contribution in [0.4, 0.5) is 4.39 Å². The molecule has 0 saturated heterocycles. The number of rotatable bonds is 6. The Morgan fingerprint density at radius 1 is 1.42 bits per heavy atom. The molecule has 6 heteroatoms. The number of aryl methyl sites for hydroxylation is 1. The lowest BCUT2D eigenvalue weighted by Crippen LogP contribution is -2.39. The highest BCUT2D eigenvalue weighted by molar-refractivity contribution is 7.90. The third-order valence-corrected chi connectivity index (χ3v) is 5.28. The summed E-state index contributed by atoms with van der Waals surface area (Å²) in [5.41, 5.74) is 6.58. The van der Waals surface area contributed by atoms with Crippen molar-refractivity contribution in [2.24, 2.45) is 5.73 Å². The van der Waals surface area contributed by atoms with E-state index >= 15 is 0 Å². The zero-order valence-electron chi connectivity index (χ0n) is 11.5. The van der Waals surface area contributed by atoms with E-state index in [2.05, 4.69) is 4.72 Å². The second-order valence-electron chi connectivity index (χ2n) is 4.66. The van der Waals surface area contributed by atoms with Crippen LogP contribution in [-0.4, -0.2) is 20.2 Å². The maximum absolute atomic E-state index is 13.5. The Balaban J connectivity index is 2.90. The van der Waals surface area contributed by atoms with E-state index in [-0.39, 0.29) is 12.4 Å². The first-order valence-electron chi connectivity index (χ1n) is 6.29. The van der Waals surface area contributed by atoms with E-state index in [9.17, 15) is 12.8 Å². The van der Waals surface area contributed by atoms with Gasteiger partial charge in [0.15, 0.2) is 0 Å². The van der Waals surface area contributed by atoms with Crippen LogP contribution < -0.4 is 10.5 Å². The van der Waals surface area contributed by atoms with Gasteiger partial charge in [-0.25, -0.2) is 17.5 Å². The van der Waals surface area contributed by atoms with Gasteiger partial charge in [0, 0.05) is 12.6 Å². The van der Waals surface area contributed by atoms with Crippen molar-refractivity contribution >= 4 is 10.0 Å². The molecule has 0 aliphatic carbocycles. The summed E-state index contributed by atoms with van der Waals surface area (Å²) in [4.78, 5) is 0. The smallest absolute Gasteiger partial charge is 0.216 e. The lowest BCUT2D eigenvalue weighted by molar-refractivity contribution is 0.545. The number of sulfonamides is 1. The lowest BCUT2D eigenvalue weighted by Gasteiger charge is -2.19. The molecule has 0 aliphatic heterocycles. The third kappa shape index (κ3) is 3.99. The third-order valence-electron chi connectivity index (χ3n) is 3.19. The molecule has 2 atom stereocenters. The number of nitrogens with two attached hydrogens (primary N) is 1. The molecule has 1 aromatic carbocycles. The zero-order valence-corrected chi connectivity index (χ0v) is 12.3.